The van der Waals surface area contributed by atoms with Crippen molar-refractivity contribution in [1.29, 1.82) is 0 Å². The van der Waals surface area contributed by atoms with E-state index in [1.54, 1.807) is 24.4 Å². The average Bonchev–Trinajstić information content (AvgIpc) is 2.85. The number of hydrogen-bond donors (Lipinski definition) is 2. The lowest BCUT2D eigenvalue weighted by Gasteiger charge is -2.23. The fraction of sp³-hybridized carbons (Fsp3) is 0.231. The minimum Gasteiger partial charge on any atom is -0.367 e. The summed E-state index contributed by atoms with van der Waals surface area (Å²) in [6, 6.07) is 23.4. The van der Waals surface area contributed by atoms with Crippen LogP contribution < -0.4 is 15.6 Å². The minimum absolute atomic E-state index is 0.190. The molecule has 0 bridgehead atoms. The van der Waals surface area contributed by atoms with Gasteiger partial charge in [-0.25, -0.2) is 12.7 Å². The number of hydrogen-bond acceptors (Lipinski definition) is 5. The Hall–Kier alpha value is -3.27. The summed E-state index contributed by atoms with van der Waals surface area (Å²) in [6.07, 6.45) is 1.69. The molecular weight excluding hydrogens is 478 g/mol. The first-order valence-corrected chi connectivity index (χ1v) is 13.1. The van der Waals surface area contributed by atoms with Gasteiger partial charge in [-0.3, -0.25) is 5.43 Å². The van der Waals surface area contributed by atoms with Gasteiger partial charge in [0, 0.05) is 38.6 Å². The largest absolute Gasteiger partial charge is 0.367 e. The molecule has 0 amide bonds. The summed E-state index contributed by atoms with van der Waals surface area (Å²) in [5, 5.41) is 7.49. The molecule has 35 heavy (non-hydrogen) atoms. The van der Waals surface area contributed by atoms with Crippen molar-refractivity contribution in [1.82, 2.24) is 9.73 Å². The third-order valence-corrected chi connectivity index (χ3v) is 7.48. The van der Waals surface area contributed by atoms with Crippen LogP contribution in [0.15, 0.2) is 82.8 Å². The van der Waals surface area contributed by atoms with E-state index in [1.807, 2.05) is 25.1 Å². The Labute approximate surface area is 213 Å². The Kier molecular flexibility index (Phi) is 8.97. The molecule has 7 nitrogen and oxygen atoms in total. The van der Waals surface area contributed by atoms with E-state index in [0.717, 1.165) is 29.9 Å². The van der Waals surface area contributed by atoms with Crippen molar-refractivity contribution in [2.24, 2.45) is 5.10 Å². The quantitative estimate of drug-likeness (QED) is 0.250. The van der Waals surface area contributed by atoms with Crippen molar-refractivity contribution in [2.75, 3.05) is 30.9 Å². The highest BCUT2D eigenvalue weighted by Gasteiger charge is 2.18. The maximum Gasteiger partial charge on any atom is 0.242 e. The number of rotatable bonds is 9. The second-order valence-electron chi connectivity index (χ2n) is 8.18. The maximum absolute atomic E-state index is 12.4. The molecule has 3 aromatic rings. The van der Waals surface area contributed by atoms with E-state index in [4.69, 9.17) is 12.2 Å². The summed E-state index contributed by atoms with van der Waals surface area (Å²) < 4.78 is 26.0. The molecule has 0 saturated heterocycles. The predicted octanol–water partition coefficient (Wildman–Crippen LogP) is 4.59. The molecule has 184 valence electrons. The predicted molar refractivity (Wildman–Crippen MR) is 149 cm³/mol. The maximum atomic E-state index is 12.4. The van der Waals surface area contributed by atoms with Crippen LogP contribution in [0.25, 0.3) is 0 Å². The number of nitrogens with zero attached hydrogens (tertiary/aromatic N) is 3. The van der Waals surface area contributed by atoms with Crippen LogP contribution in [0.1, 0.15) is 23.6 Å². The van der Waals surface area contributed by atoms with E-state index >= 15 is 0 Å². The van der Waals surface area contributed by atoms with Gasteiger partial charge in [0.05, 0.1) is 11.1 Å². The van der Waals surface area contributed by atoms with Gasteiger partial charge in [-0.05, 0) is 67.0 Å². The molecule has 0 aromatic heterocycles. The lowest BCUT2D eigenvalue weighted by molar-refractivity contribution is 0.521. The molecule has 0 heterocycles. The topological polar surface area (TPSA) is 77.0 Å². The van der Waals surface area contributed by atoms with Gasteiger partial charge in [-0.1, -0.05) is 48.5 Å². The van der Waals surface area contributed by atoms with Crippen LogP contribution in [0.2, 0.25) is 0 Å². The van der Waals surface area contributed by atoms with Crippen molar-refractivity contribution in [3.63, 3.8) is 0 Å². The molecule has 2 N–H and O–H groups in total. The van der Waals surface area contributed by atoms with Gasteiger partial charge in [0.15, 0.2) is 5.11 Å². The molecule has 3 aromatic carbocycles. The second kappa shape index (κ2) is 11.9. The zero-order valence-corrected chi connectivity index (χ0v) is 22.0. The van der Waals surface area contributed by atoms with E-state index in [2.05, 4.69) is 64.1 Å². The van der Waals surface area contributed by atoms with Gasteiger partial charge in [0.25, 0.3) is 0 Å². The molecule has 0 unspecified atom stereocenters. The molecule has 0 fully saturated rings. The van der Waals surface area contributed by atoms with E-state index in [0.29, 0.717) is 5.69 Å². The Balaban J connectivity index is 1.60. The van der Waals surface area contributed by atoms with Crippen LogP contribution in [-0.2, 0) is 16.6 Å². The van der Waals surface area contributed by atoms with Crippen molar-refractivity contribution in [3.8, 4) is 0 Å². The van der Waals surface area contributed by atoms with Gasteiger partial charge in [-0.15, -0.1) is 0 Å². The number of benzene rings is 3. The Morgan fingerprint density at radius 3 is 2.34 bits per heavy atom. The highest BCUT2D eigenvalue weighted by Crippen LogP contribution is 2.22. The highest BCUT2D eigenvalue weighted by atomic mass is 32.2. The van der Waals surface area contributed by atoms with Crippen LogP contribution in [0.4, 0.5) is 11.4 Å². The fourth-order valence-electron chi connectivity index (χ4n) is 3.38. The van der Waals surface area contributed by atoms with Crippen molar-refractivity contribution in [3.05, 3.63) is 89.5 Å². The fourth-order valence-corrected chi connectivity index (χ4v) is 4.47. The van der Waals surface area contributed by atoms with Gasteiger partial charge in [0.1, 0.15) is 0 Å². The van der Waals surface area contributed by atoms with Crippen molar-refractivity contribution in [2.45, 2.75) is 25.3 Å². The monoisotopic (exact) mass is 509 g/mol. The van der Waals surface area contributed by atoms with E-state index < -0.39 is 10.0 Å². The summed E-state index contributed by atoms with van der Waals surface area (Å²) in [4.78, 5) is 2.50. The number of hydrazone groups is 1. The van der Waals surface area contributed by atoms with Crippen LogP contribution >= 0.6 is 12.2 Å². The van der Waals surface area contributed by atoms with Crippen LogP contribution in [0.5, 0.6) is 0 Å². The molecule has 0 aliphatic heterocycles. The van der Waals surface area contributed by atoms with Gasteiger partial charge in [-0.2, -0.15) is 5.10 Å². The molecule has 3 rings (SSSR count). The third-order valence-electron chi connectivity index (χ3n) is 5.47. The minimum atomic E-state index is -3.54. The van der Waals surface area contributed by atoms with Gasteiger partial charge >= 0.3 is 0 Å². The Morgan fingerprint density at radius 2 is 1.71 bits per heavy atom. The van der Waals surface area contributed by atoms with E-state index in [1.165, 1.54) is 24.0 Å². The second-order valence-corrected chi connectivity index (χ2v) is 10.7. The number of nitrogens with one attached hydrogen (secondary N) is 2. The molecule has 0 saturated carbocycles. The first-order valence-electron chi connectivity index (χ1n) is 11.2. The Bertz CT molecular complexity index is 1270. The molecule has 0 aliphatic carbocycles. The van der Waals surface area contributed by atoms with Crippen LogP contribution in [-0.4, -0.2) is 44.7 Å². The van der Waals surface area contributed by atoms with E-state index in [9.17, 15) is 8.42 Å². The summed E-state index contributed by atoms with van der Waals surface area (Å²) in [6.45, 7) is 5.77. The number of thiocarbonyl (C=S) groups is 1. The standard InChI is InChI=1S/C26H31N5O2S2/c1-5-31(19-22-9-7-6-8-10-22)23-14-12-21(13-15-23)18-27-29-26(34)28-25-17-24(16-11-20(25)2)35(32,33)30(3)4/h6-18H,5,19H2,1-4H3,(H2,28,29,34)/b27-18+. The third kappa shape index (κ3) is 7.11. The zero-order valence-electron chi connectivity index (χ0n) is 20.4. The average molecular weight is 510 g/mol. The first kappa shape index (κ1) is 26.3. The summed E-state index contributed by atoms with van der Waals surface area (Å²) in [5.41, 5.74) is 7.59. The summed E-state index contributed by atoms with van der Waals surface area (Å²) in [5.74, 6) is 0. The molecule has 0 radical (unpaired) electrons. The molecule has 0 atom stereocenters. The number of anilines is 2. The van der Waals surface area contributed by atoms with Crippen LogP contribution in [0, 0.1) is 6.92 Å². The normalized spacial score (nSPS) is 11.6. The molecular formula is C26H31N5O2S2. The van der Waals surface area contributed by atoms with Gasteiger partial charge < -0.3 is 10.2 Å². The van der Waals surface area contributed by atoms with Gasteiger partial charge in [0.2, 0.25) is 10.0 Å². The number of aryl methyl sites for hydroxylation is 1. The van der Waals surface area contributed by atoms with Crippen LogP contribution in [0.3, 0.4) is 0 Å². The molecule has 9 heteroatoms. The first-order chi connectivity index (χ1) is 16.7. The Morgan fingerprint density at radius 1 is 1.03 bits per heavy atom. The lowest BCUT2D eigenvalue weighted by atomic mass is 10.1. The summed E-state index contributed by atoms with van der Waals surface area (Å²) in [7, 11) is -0.540. The van der Waals surface area contributed by atoms with Crippen molar-refractivity contribution < 1.29 is 8.42 Å². The molecule has 0 spiro atoms. The summed E-state index contributed by atoms with van der Waals surface area (Å²) >= 11 is 5.33. The van der Waals surface area contributed by atoms with Crippen molar-refractivity contribution >= 4 is 44.9 Å². The molecule has 0 aliphatic rings. The highest BCUT2D eigenvalue weighted by molar-refractivity contribution is 7.89. The lowest BCUT2D eigenvalue weighted by Crippen LogP contribution is -2.25. The zero-order chi connectivity index (χ0) is 25.4. The SMILES string of the molecule is CCN(Cc1ccccc1)c1ccc(/C=N/NC(=S)Nc2cc(S(=O)(=O)N(C)C)ccc2C)cc1. The van der Waals surface area contributed by atoms with E-state index in [-0.39, 0.29) is 10.0 Å². The number of sulfonamides is 1. The smallest absolute Gasteiger partial charge is 0.242 e.